The monoisotopic (exact) mass is 451 g/mol. The molecule has 8 nitrogen and oxygen atoms in total. The highest BCUT2D eigenvalue weighted by atomic mass is 16.7. The lowest BCUT2D eigenvalue weighted by Gasteiger charge is -2.44. The number of methoxy groups -OCH3 is 3. The Labute approximate surface area is 191 Å². The second-order valence-corrected chi connectivity index (χ2v) is 8.55. The highest BCUT2D eigenvalue weighted by molar-refractivity contribution is 5.98. The van der Waals surface area contributed by atoms with Gasteiger partial charge < -0.3 is 33.3 Å². The number of hydrogen-bond donors (Lipinski definition) is 0. The number of esters is 1. The quantitative estimate of drug-likeness (QED) is 0.637. The fourth-order valence-electron chi connectivity index (χ4n) is 5.25. The van der Waals surface area contributed by atoms with E-state index in [0.29, 0.717) is 34.6 Å². The Bertz CT molecular complexity index is 1160. The molecular formula is C25H25NO7. The van der Waals surface area contributed by atoms with E-state index in [9.17, 15) is 4.79 Å². The van der Waals surface area contributed by atoms with Gasteiger partial charge in [-0.1, -0.05) is 0 Å². The predicted octanol–water partition coefficient (Wildman–Crippen LogP) is 3.76. The molecule has 0 aromatic heterocycles. The molecule has 8 heteroatoms. The van der Waals surface area contributed by atoms with Crippen molar-refractivity contribution in [1.29, 1.82) is 0 Å². The Morgan fingerprint density at radius 2 is 1.61 bits per heavy atom. The van der Waals surface area contributed by atoms with Gasteiger partial charge in [-0.05, 0) is 48.6 Å². The Morgan fingerprint density at radius 1 is 0.909 bits per heavy atom. The van der Waals surface area contributed by atoms with Gasteiger partial charge in [-0.15, -0.1) is 0 Å². The van der Waals surface area contributed by atoms with Crippen LogP contribution in [0.3, 0.4) is 0 Å². The highest BCUT2D eigenvalue weighted by Gasteiger charge is 2.46. The van der Waals surface area contributed by atoms with Gasteiger partial charge in [0.2, 0.25) is 12.5 Å². The van der Waals surface area contributed by atoms with E-state index in [-0.39, 0.29) is 25.3 Å². The van der Waals surface area contributed by atoms with Gasteiger partial charge in [-0.2, -0.15) is 0 Å². The molecular weight excluding hydrogens is 426 g/mol. The molecule has 6 rings (SSSR count). The van der Waals surface area contributed by atoms with E-state index in [1.807, 2.05) is 24.3 Å². The Morgan fingerprint density at radius 3 is 2.21 bits per heavy atom. The zero-order chi connectivity index (χ0) is 22.7. The van der Waals surface area contributed by atoms with E-state index in [2.05, 4.69) is 4.90 Å². The van der Waals surface area contributed by atoms with E-state index < -0.39 is 0 Å². The molecule has 1 atom stereocenters. The third-order valence-electron chi connectivity index (χ3n) is 7.00. The number of carbonyl (C=O) groups excluding carboxylic acids is 1. The third kappa shape index (κ3) is 2.86. The standard InChI is InChI=1S/C25H25NO7/c1-28-20-7-13(8-21(29-2)24(20)30-3)22-15-9-18-19(33-12-32-18)10-16(15)26(14-5-4-6-14)17-11-31-25(27)23(17)22/h7-10,14,22H,4-6,11-12H2,1-3H3. The summed E-state index contributed by atoms with van der Waals surface area (Å²) < 4.78 is 33.7. The molecule has 0 saturated heterocycles. The molecule has 172 valence electrons. The van der Waals surface area contributed by atoms with E-state index in [4.69, 9.17) is 28.4 Å². The van der Waals surface area contributed by atoms with Gasteiger partial charge in [-0.3, -0.25) is 0 Å². The second kappa shape index (κ2) is 7.50. The lowest BCUT2D eigenvalue weighted by atomic mass is 9.78. The highest BCUT2D eigenvalue weighted by Crippen LogP contribution is 2.54. The Balaban J connectivity index is 1.61. The number of hydrogen-bond acceptors (Lipinski definition) is 8. The maximum atomic E-state index is 13.1. The van der Waals surface area contributed by atoms with Crippen molar-refractivity contribution in [3.8, 4) is 28.7 Å². The van der Waals surface area contributed by atoms with Crippen molar-refractivity contribution in [3.63, 3.8) is 0 Å². The number of benzene rings is 2. The van der Waals surface area contributed by atoms with Gasteiger partial charge >= 0.3 is 5.97 Å². The van der Waals surface area contributed by atoms with Gasteiger partial charge in [0, 0.05) is 23.7 Å². The molecule has 3 heterocycles. The summed E-state index contributed by atoms with van der Waals surface area (Å²) in [4.78, 5) is 15.4. The van der Waals surface area contributed by atoms with E-state index in [1.165, 1.54) is 6.42 Å². The smallest absolute Gasteiger partial charge is 0.337 e. The van der Waals surface area contributed by atoms with Crippen LogP contribution < -0.4 is 28.6 Å². The molecule has 2 aromatic carbocycles. The fourth-order valence-corrected chi connectivity index (χ4v) is 5.25. The molecule has 0 amide bonds. The van der Waals surface area contributed by atoms with E-state index >= 15 is 0 Å². The number of nitrogens with zero attached hydrogens (tertiary/aromatic N) is 1. The lowest BCUT2D eigenvalue weighted by Crippen LogP contribution is -2.43. The second-order valence-electron chi connectivity index (χ2n) is 8.55. The molecule has 0 bridgehead atoms. The van der Waals surface area contributed by atoms with Gasteiger partial charge in [0.05, 0.1) is 32.6 Å². The molecule has 1 fully saturated rings. The molecule has 1 saturated carbocycles. The van der Waals surface area contributed by atoms with Crippen LogP contribution in [0.15, 0.2) is 35.5 Å². The molecule has 3 aliphatic heterocycles. The summed E-state index contributed by atoms with van der Waals surface area (Å²) in [6.07, 6.45) is 3.33. The van der Waals surface area contributed by atoms with Crippen molar-refractivity contribution < 1.29 is 33.2 Å². The van der Waals surface area contributed by atoms with Crippen LogP contribution in [-0.2, 0) is 9.53 Å². The third-order valence-corrected chi connectivity index (χ3v) is 7.00. The molecule has 1 aliphatic carbocycles. The largest absolute Gasteiger partial charge is 0.493 e. The first kappa shape index (κ1) is 20.1. The minimum absolute atomic E-state index is 0.186. The SMILES string of the molecule is COc1cc(C2C3=C(COC3=O)N(C3CCC3)c3cc4c(cc32)OCO4)cc(OC)c1OC. The van der Waals surface area contributed by atoms with Gasteiger partial charge in [0.15, 0.2) is 23.0 Å². The van der Waals surface area contributed by atoms with Gasteiger partial charge in [-0.25, -0.2) is 4.79 Å². The summed E-state index contributed by atoms with van der Waals surface area (Å²) in [7, 11) is 4.74. The number of rotatable bonds is 5. The first-order valence-electron chi connectivity index (χ1n) is 11.1. The summed E-state index contributed by atoms with van der Waals surface area (Å²) in [5.74, 6) is 2.30. The van der Waals surface area contributed by atoms with Crippen LogP contribution in [0, 0.1) is 0 Å². The molecule has 0 spiro atoms. The molecule has 33 heavy (non-hydrogen) atoms. The van der Waals surface area contributed by atoms with Crippen molar-refractivity contribution in [1.82, 2.24) is 0 Å². The van der Waals surface area contributed by atoms with Crippen molar-refractivity contribution in [2.45, 2.75) is 31.2 Å². The van der Waals surface area contributed by atoms with Crippen LogP contribution in [0.2, 0.25) is 0 Å². The maximum Gasteiger partial charge on any atom is 0.337 e. The van der Waals surface area contributed by atoms with Crippen molar-refractivity contribution >= 4 is 11.7 Å². The van der Waals surface area contributed by atoms with E-state index in [1.54, 1.807) is 21.3 Å². The lowest BCUT2D eigenvalue weighted by molar-refractivity contribution is -0.136. The first-order chi connectivity index (χ1) is 16.1. The number of ether oxygens (including phenoxy) is 6. The van der Waals surface area contributed by atoms with Crippen LogP contribution in [0.4, 0.5) is 5.69 Å². The summed E-state index contributed by atoms with van der Waals surface area (Å²) in [5, 5.41) is 0. The van der Waals surface area contributed by atoms with Crippen molar-refractivity contribution in [2.75, 3.05) is 39.6 Å². The zero-order valence-electron chi connectivity index (χ0n) is 18.8. The van der Waals surface area contributed by atoms with Crippen molar-refractivity contribution in [2.24, 2.45) is 0 Å². The molecule has 0 radical (unpaired) electrons. The average molecular weight is 451 g/mol. The van der Waals surface area contributed by atoms with Crippen LogP contribution in [0.5, 0.6) is 28.7 Å². The molecule has 1 unspecified atom stereocenters. The molecule has 2 aromatic rings. The predicted molar refractivity (Wildman–Crippen MR) is 119 cm³/mol. The minimum atomic E-state index is -0.371. The number of carbonyl (C=O) groups is 1. The number of cyclic esters (lactones) is 1. The van der Waals surface area contributed by atoms with Gasteiger partial charge in [0.25, 0.3) is 0 Å². The van der Waals surface area contributed by atoms with Crippen LogP contribution in [0.25, 0.3) is 0 Å². The van der Waals surface area contributed by atoms with Crippen molar-refractivity contribution in [3.05, 3.63) is 46.7 Å². The fraction of sp³-hybridized carbons (Fsp3) is 0.400. The molecule has 0 N–H and O–H groups in total. The van der Waals surface area contributed by atoms with Crippen LogP contribution in [0.1, 0.15) is 36.3 Å². The summed E-state index contributed by atoms with van der Waals surface area (Å²) in [6, 6.07) is 8.16. The van der Waals surface area contributed by atoms with Crippen LogP contribution >= 0.6 is 0 Å². The Kier molecular flexibility index (Phi) is 4.57. The van der Waals surface area contributed by atoms with Crippen LogP contribution in [-0.4, -0.2) is 46.7 Å². The first-order valence-corrected chi connectivity index (χ1v) is 11.1. The Hall–Kier alpha value is -3.55. The summed E-state index contributed by atoms with van der Waals surface area (Å²) in [6.45, 7) is 0.450. The number of fused-ring (bicyclic) bond motifs is 2. The number of anilines is 1. The summed E-state index contributed by atoms with van der Waals surface area (Å²) in [5.41, 5.74) is 4.43. The van der Waals surface area contributed by atoms with E-state index in [0.717, 1.165) is 41.1 Å². The molecule has 4 aliphatic rings. The maximum absolute atomic E-state index is 13.1. The summed E-state index contributed by atoms with van der Waals surface area (Å²) >= 11 is 0. The van der Waals surface area contributed by atoms with Gasteiger partial charge in [0.1, 0.15) is 6.61 Å². The minimum Gasteiger partial charge on any atom is -0.493 e. The topological polar surface area (TPSA) is 75.7 Å². The average Bonchev–Trinajstić information content (AvgIpc) is 3.42. The normalized spacial score (nSPS) is 20.8. The zero-order valence-corrected chi connectivity index (χ0v) is 18.8.